The first kappa shape index (κ1) is 19.3. The highest BCUT2D eigenvalue weighted by atomic mass is 32.2. The van der Waals surface area contributed by atoms with Crippen LogP contribution < -0.4 is 5.32 Å². The zero-order valence-corrected chi connectivity index (χ0v) is 16.5. The van der Waals surface area contributed by atoms with Crippen LogP contribution in [0.5, 0.6) is 0 Å². The van der Waals surface area contributed by atoms with E-state index in [1.54, 1.807) is 24.3 Å². The molecule has 26 heavy (non-hydrogen) atoms. The van der Waals surface area contributed by atoms with Crippen LogP contribution in [0.25, 0.3) is 0 Å². The fraction of sp³-hybridized carbons (Fsp3) is 0.632. The van der Waals surface area contributed by atoms with Crippen molar-refractivity contribution in [2.75, 3.05) is 39.3 Å². The second-order valence-electron chi connectivity index (χ2n) is 7.33. The number of carbonyl (C=O) groups excluding carboxylic acids is 1. The second-order valence-corrected chi connectivity index (χ2v) is 9.27. The Kier molecular flexibility index (Phi) is 5.69. The van der Waals surface area contributed by atoms with Crippen molar-refractivity contribution in [3.8, 4) is 0 Å². The highest BCUT2D eigenvalue weighted by Crippen LogP contribution is 2.37. The van der Waals surface area contributed by atoms with Crippen molar-refractivity contribution in [1.29, 1.82) is 0 Å². The molecule has 6 nitrogen and oxygen atoms in total. The Morgan fingerprint density at radius 2 is 1.73 bits per heavy atom. The Morgan fingerprint density at radius 3 is 2.23 bits per heavy atom. The third kappa shape index (κ3) is 3.66. The van der Waals surface area contributed by atoms with Gasteiger partial charge in [0, 0.05) is 38.3 Å². The maximum Gasteiger partial charge on any atom is 0.253 e. The molecule has 0 aliphatic carbocycles. The number of amides is 1. The number of likely N-dealkylation sites (tertiary alicyclic amines) is 1. The second kappa shape index (κ2) is 7.66. The first-order valence-electron chi connectivity index (χ1n) is 9.52. The number of sulfonamides is 1. The van der Waals surface area contributed by atoms with E-state index in [4.69, 9.17) is 0 Å². The average molecular weight is 380 g/mol. The van der Waals surface area contributed by atoms with Crippen LogP contribution in [-0.4, -0.2) is 62.8 Å². The molecule has 2 heterocycles. The first-order valence-corrected chi connectivity index (χ1v) is 11.0. The summed E-state index contributed by atoms with van der Waals surface area (Å²) in [7, 11) is -3.48. The molecule has 1 spiro atoms. The van der Waals surface area contributed by atoms with E-state index >= 15 is 0 Å². The number of hydrogen-bond donors (Lipinski definition) is 1. The molecule has 2 fully saturated rings. The summed E-state index contributed by atoms with van der Waals surface area (Å²) < 4.78 is 26.5. The number of nitrogens with zero attached hydrogens (tertiary/aromatic N) is 2. The molecular formula is C19H29N3O3S. The van der Waals surface area contributed by atoms with Crippen LogP contribution in [0.3, 0.4) is 0 Å². The quantitative estimate of drug-likeness (QED) is 0.849. The fourth-order valence-corrected chi connectivity index (χ4v) is 5.53. The molecule has 2 saturated heterocycles. The summed E-state index contributed by atoms with van der Waals surface area (Å²) in [5.74, 6) is -0.00223. The molecule has 0 unspecified atom stereocenters. The summed E-state index contributed by atoms with van der Waals surface area (Å²) in [6, 6.07) is 6.38. The SMILES string of the molecule is CCN(CC)S(=O)(=O)c1ccc(C(=O)N2CCC3(CCNC3)CC2)cc1. The van der Waals surface area contributed by atoms with Gasteiger partial charge >= 0.3 is 0 Å². The molecule has 1 aromatic carbocycles. The van der Waals surface area contributed by atoms with Gasteiger partial charge in [0.25, 0.3) is 5.91 Å². The Labute approximate surface area is 156 Å². The maximum atomic E-state index is 12.8. The minimum absolute atomic E-state index is 0.00223. The van der Waals surface area contributed by atoms with E-state index in [-0.39, 0.29) is 10.8 Å². The van der Waals surface area contributed by atoms with E-state index in [0.717, 1.165) is 39.0 Å². The van der Waals surface area contributed by atoms with E-state index < -0.39 is 10.0 Å². The van der Waals surface area contributed by atoms with Gasteiger partial charge in [0.1, 0.15) is 0 Å². The van der Waals surface area contributed by atoms with Gasteiger partial charge in [0.2, 0.25) is 10.0 Å². The Morgan fingerprint density at radius 1 is 1.12 bits per heavy atom. The Balaban J connectivity index is 1.68. The van der Waals surface area contributed by atoms with Crippen molar-refractivity contribution >= 4 is 15.9 Å². The molecule has 0 bridgehead atoms. The average Bonchev–Trinajstić information content (AvgIpc) is 3.11. The number of benzene rings is 1. The fourth-order valence-electron chi connectivity index (χ4n) is 4.07. The molecule has 1 N–H and O–H groups in total. The van der Waals surface area contributed by atoms with Gasteiger partial charge in [-0.2, -0.15) is 4.31 Å². The van der Waals surface area contributed by atoms with Crippen LogP contribution in [0.4, 0.5) is 0 Å². The number of carbonyl (C=O) groups is 1. The predicted molar refractivity (Wildman–Crippen MR) is 102 cm³/mol. The third-order valence-corrected chi connectivity index (χ3v) is 7.95. The van der Waals surface area contributed by atoms with E-state index in [9.17, 15) is 13.2 Å². The lowest BCUT2D eigenvalue weighted by Crippen LogP contribution is -2.44. The molecule has 2 aliphatic rings. The zero-order chi connectivity index (χ0) is 18.8. The number of hydrogen-bond acceptors (Lipinski definition) is 4. The number of rotatable bonds is 5. The number of nitrogens with one attached hydrogen (secondary N) is 1. The highest BCUT2D eigenvalue weighted by Gasteiger charge is 2.38. The maximum absolute atomic E-state index is 12.8. The Bertz CT molecular complexity index is 726. The molecule has 2 aliphatic heterocycles. The smallest absolute Gasteiger partial charge is 0.253 e. The van der Waals surface area contributed by atoms with Crippen LogP contribution >= 0.6 is 0 Å². The van der Waals surface area contributed by atoms with Gasteiger partial charge in [-0.25, -0.2) is 8.42 Å². The summed E-state index contributed by atoms with van der Waals surface area (Å²) in [6.45, 7) is 8.21. The van der Waals surface area contributed by atoms with Crippen LogP contribution in [0.15, 0.2) is 29.2 Å². The van der Waals surface area contributed by atoms with Gasteiger partial charge in [0.15, 0.2) is 0 Å². The summed E-state index contributed by atoms with van der Waals surface area (Å²) >= 11 is 0. The molecule has 0 aromatic heterocycles. The lowest BCUT2D eigenvalue weighted by molar-refractivity contribution is 0.0607. The Hall–Kier alpha value is -1.44. The largest absolute Gasteiger partial charge is 0.339 e. The molecule has 1 aromatic rings. The predicted octanol–water partition coefficient (Wildman–Crippen LogP) is 1.93. The van der Waals surface area contributed by atoms with Crippen LogP contribution in [0.2, 0.25) is 0 Å². The van der Waals surface area contributed by atoms with Gasteiger partial charge in [-0.05, 0) is 55.5 Å². The van der Waals surface area contributed by atoms with E-state index in [2.05, 4.69) is 5.32 Å². The third-order valence-electron chi connectivity index (χ3n) is 5.89. The van der Waals surface area contributed by atoms with Gasteiger partial charge in [0.05, 0.1) is 4.90 Å². The molecule has 3 rings (SSSR count). The summed E-state index contributed by atoms with van der Waals surface area (Å²) in [5.41, 5.74) is 0.933. The van der Waals surface area contributed by atoms with Crippen molar-refractivity contribution in [3.63, 3.8) is 0 Å². The molecule has 0 radical (unpaired) electrons. The van der Waals surface area contributed by atoms with Gasteiger partial charge in [-0.1, -0.05) is 13.8 Å². The lowest BCUT2D eigenvalue weighted by atomic mass is 9.78. The van der Waals surface area contributed by atoms with Crippen LogP contribution in [-0.2, 0) is 10.0 Å². The summed E-state index contributed by atoms with van der Waals surface area (Å²) in [4.78, 5) is 14.9. The molecule has 7 heteroatoms. The normalized spacial score (nSPS) is 20.0. The van der Waals surface area contributed by atoms with Gasteiger partial charge in [-0.3, -0.25) is 4.79 Å². The van der Waals surface area contributed by atoms with Gasteiger partial charge in [-0.15, -0.1) is 0 Å². The topological polar surface area (TPSA) is 69.7 Å². The first-order chi connectivity index (χ1) is 12.4. The zero-order valence-electron chi connectivity index (χ0n) is 15.7. The van der Waals surface area contributed by atoms with Crippen molar-refractivity contribution in [3.05, 3.63) is 29.8 Å². The standard InChI is InChI=1S/C19H29N3O3S/c1-3-22(4-2)26(24,25)17-7-5-16(6-8-17)18(23)21-13-10-19(11-14-21)9-12-20-15-19/h5-8,20H,3-4,9-15H2,1-2H3. The molecule has 0 saturated carbocycles. The summed E-state index contributed by atoms with van der Waals surface area (Å²) in [5, 5.41) is 3.43. The van der Waals surface area contributed by atoms with Crippen molar-refractivity contribution in [1.82, 2.24) is 14.5 Å². The van der Waals surface area contributed by atoms with Crippen LogP contribution in [0, 0.1) is 5.41 Å². The van der Waals surface area contributed by atoms with Crippen molar-refractivity contribution < 1.29 is 13.2 Å². The molecular weight excluding hydrogens is 350 g/mol. The van der Waals surface area contributed by atoms with Crippen molar-refractivity contribution in [2.45, 2.75) is 38.0 Å². The van der Waals surface area contributed by atoms with Crippen LogP contribution in [0.1, 0.15) is 43.5 Å². The minimum atomic E-state index is -3.48. The summed E-state index contributed by atoms with van der Waals surface area (Å²) in [6.07, 6.45) is 3.28. The highest BCUT2D eigenvalue weighted by molar-refractivity contribution is 7.89. The van der Waals surface area contributed by atoms with Crippen molar-refractivity contribution in [2.24, 2.45) is 5.41 Å². The van der Waals surface area contributed by atoms with E-state index in [0.29, 0.717) is 24.1 Å². The minimum Gasteiger partial charge on any atom is -0.339 e. The van der Waals surface area contributed by atoms with Gasteiger partial charge < -0.3 is 10.2 Å². The monoisotopic (exact) mass is 379 g/mol. The molecule has 1 amide bonds. The van der Waals surface area contributed by atoms with E-state index in [1.165, 1.54) is 10.7 Å². The molecule has 144 valence electrons. The van der Waals surface area contributed by atoms with E-state index in [1.807, 2.05) is 18.7 Å². The lowest BCUT2D eigenvalue weighted by Gasteiger charge is -2.38. The number of piperidine rings is 1. The molecule has 0 atom stereocenters.